The first-order valence-electron chi connectivity index (χ1n) is 18.5. The minimum absolute atomic E-state index is 0.381. The topological polar surface area (TPSA) is 8.17 Å². The zero-order valence-electron chi connectivity index (χ0n) is 28.8. The molecule has 2 heterocycles. The standard InChI is InChI=1S/C44H54N2/c1-6-17-37-40(32(5)45(41(37)7-2)42-25-16-23-36(31(42)4)33-18-10-8-11-19-33)28-30(3)34-26-27-39-38-22-14-15-24-43(38)46(44(39)29-34)35-20-12-9-13-21-35/h2,9-10,12-13,16,18-21,23,25,30-32,34,36,40H,6,8,11,14-15,17,22,24,26-29H2,1,3-5H3. The maximum atomic E-state index is 6.43. The number of aromatic nitrogens is 1. The molecule has 1 aliphatic heterocycles. The molecule has 0 fully saturated rings. The first-order valence-corrected chi connectivity index (χ1v) is 18.5. The number of terminal acetylenes is 1. The van der Waals surface area contributed by atoms with E-state index >= 15 is 0 Å². The van der Waals surface area contributed by atoms with Crippen LogP contribution in [0.4, 0.5) is 0 Å². The SMILES string of the molecule is C#CC1=C(CCC)C(CC(C)C2CCc3c4c(n(-c5ccccc5)c3C2)CCCC4)C(C)N1C1=CC=CC(C2=CCCC=C2)C1C. The van der Waals surface area contributed by atoms with Crippen LogP contribution in [0.25, 0.3) is 5.69 Å². The van der Waals surface area contributed by atoms with Crippen LogP contribution in [0.3, 0.4) is 0 Å². The number of nitrogens with zero attached hydrogens (tertiary/aromatic N) is 2. The van der Waals surface area contributed by atoms with E-state index in [9.17, 15) is 0 Å². The molecular formula is C44H54N2. The van der Waals surface area contributed by atoms with Crippen LogP contribution in [0.1, 0.15) is 102 Å². The van der Waals surface area contributed by atoms with Crippen LogP contribution in [0.2, 0.25) is 0 Å². The first kappa shape index (κ1) is 31.2. The summed E-state index contributed by atoms with van der Waals surface area (Å²) in [7, 11) is 0. The molecule has 240 valence electrons. The Bertz CT molecular complexity index is 1630. The van der Waals surface area contributed by atoms with Crippen LogP contribution in [0, 0.1) is 41.9 Å². The van der Waals surface area contributed by atoms with Gasteiger partial charge in [0.15, 0.2) is 0 Å². The second-order valence-corrected chi connectivity index (χ2v) is 14.9. The maximum Gasteiger partial charge on any atom is 0.0916 e. The van der Waals surface area contributed by atoms with Gasteiger partial charge in [-0.15, -0.1) is 6.42 Å². The van der Waals surface area contributed by atoms with Crippen molar-refractivity contribution < 1.29 is 0 Å². The van der Waals surface area contributed by atoms with Gasteiger partial charge in [0.1, 0.15) is 0 Å². The molecule has 2 heteroatoms. The van der Waals surface area contributed by atoms with Gasteiger partial charge in [0, 0.05) is 46.6 Å². The van der Waals surface area contributed by atoms with Gasteiger partial charge < -0.3 is 9.47 Å². The van der Waals surface area contributed by atoms with E-state index in [1.54, 1.807) is 28.1 Å². The van der Waals surface area contributed by atoms with Crippen molar-refractivity contribution in [1.82, 2.24) is 9.47 Å². The summed E-state index contributed by atoms with van der Waals surface area (Å²) in [6.45, 7) is 9.76. The summed E-state index contributed by atoms with van der Waals surface area (Å²) in [5, 5.41) is 0. The van der Waals surface area contributed by atoms with Gasteiger partial charge in [-0.1, -0.05) is 81.7 Å². The molecule has 0 N–H and O–H groups in total. The lowest BCUT2D eigenvalue weighted by molar-refractivity contribution is 0.218. The van der Waals surface area contributed by atoms with Crippen LogP contribution in [0.15, 0.2) is 89.3 Å². The minimum atomic E-state index is 0.381. The van der Waals surface area contributed by atoms with Crippen LogP contribution in [-0.2, 0) is 25.7 Å². The Kier molecular flexibility index (Phi) is 9.05. The van der Waals surface area contributed by atoms with Crippen molar-refractivity contribution in [2.24, 2.45) is 29.6 Å². The zero-order valence-corrected chi connectivity index (χ0v) is 28.8. The van der Waals surface area contributed by atoms with E-state index in [0.29, 0.717) is 35.6 Å². The number of rotatable bonds is 8. The third-order valence-corrected chi connectivity index (χ3v) is 12.3. The number of allylic oxidation sites excluding steroid dienone is 9. The number of hydrogen-bond donors (Lipinski definition) is 0. The lowest BCUT2D eigenvalue weighted by Crippen LogP contribution is -2.36. The van der Waals surface area contributed by atoms with Gasteiger partial charge in [0.05, 0.1) is 5.70 Å². The van der Waals surface area contributed by atoms with Crippen molar-refractivity contribution >= 4 is 0 Å². The molecule has 0 saturated carbocycles. The zero-order chi connectivity index (χ0) is 31.8. The van der Waals surface area contributed by atoms with Crippen LogP contribution in [0.5, 0.6) is 0 Å². The Balaban J connectivity index is 1.15. The van der Waals surface area contributed by atoms with Crippen molar-refractivity contribution in [2.45, 2.75) is 111 Å². The van der Waals surface area contributed by atoms with Crippen molar-refractivity contribution in [3.05, 3.63) is 112 Å². The minimum Gasteiger partial charge on any atom is -0.335 e. The van der Waals surface area contributed by atoms with E-state index in [0.717, 1.165) is 25.7 Å². The maximum absolute atomic E-state index is 6.43. The molecule has 1 aromatic carbocycles. The van der Waals surface area contributed by atoms with Gasteiger partial charge in [-0.25, -0.2) is 0 Å². The molecule has 6 unspecified atom stereocenters. The molecule has 5 aliphatic rings. The van der Waals surface area contributed by atoms with E-state index in [1.165, 1.54) is 74.0 Å². The molecule has 1 aromatic heterocycles. The van der Waals surface area contributed by atoms with Crippen LogP contribution < -0.4 is 0 Å². The fourth-order valence-corrected chi connectivity index (χ4v) is 9.89. The first-order chi connectivity index (χ1) is 22.5. The van der Waals surface area contributed by atoms with E-state index in [1.807, 2.05) is 0 Å². The highest BCUT2D eigenvalue weighted by Gasteiger charge is 2.42. The number of benzene rings is 1. The predicted octanol–water partition coefficient (Wildman–Crippen LogP) is 10.5. The van der Waals surface area contributed by atoms with Gasteiger partial charge in [-0.2, -0.15) is 0 Å². The Morgan fingerprint density at radius 3 is 2.57 bits per heavy atom. The lowest BCUT2D eigenvalue weighted by Gasteiger charge is -2.39. The van der Waals surface area contributed by atoms with E-state index in [-0.39, 0.29) is 0 Å². The molecule has 0 bridgehead atoms. The molecule has 0 spiro atoms. The van der Waals surface area contributed by atoms with Crippen LogP contribution in [-0.4, -0.2) is 15.5 Å². The Hall–Kier alpha value is -3.44. The van der Waals surface area contributed by atoms with Gasteiger partial charge in [-0.05, 0) is 130 Å². The van der Waals surface area contributed by atoms with E-state index in [4.69, 9.17) is 6.42 Å². The molecule has 2 aromatic rings. The summed E-state index contributed by atoms with van der Waals surface area (Å²) < 4.78 is 2.69. The number of hydrogen-bond acceptors (Lipinski definition) is 1. The normalized spacial score (nSPS) is 28.0. The summed E-state index contributed by atoms with van der Waals surface area (Å²) in [5.41, 5.74) is 13.6. The van der Waals surface area contributed by atoms with E-state index < -0.39 is 0 Å². The monoisotopic (exact) mass is 610 g/mol. The van der Waals surface area contributed by atoms with Crippen molar-refractivity contribution in [3.8, 4) is 18.0 Å². The molecule has 4 aliphatic carbocycles. The van der Waals surface area contributed by atoms with Gasteiger partial charge >= 0.3 is 0 Å². The molecule has 0 radical (unpaired) electrons. The number of fused-ring (bicyclic) bond motifs is 3. The smallest absolute Gasteiger partial charge is 0.0916 e. The molecule has 2 nitrogen and oxygen atoms in total. The van der Waals surface area contributed by atoms with Crippen LogP contribution >= 0.6 is 0 Å². The second kappa shape index (κ2) is 13.4. The lowest BCUT2D eigenvalue weighted by atomic mass is 9.73. The average Bonchev–Trinajstić information content (AvgIpc) is 3.56. The summed E-state index contributed by atoms with van der Waals surface area (Å²) in [6, 6.07) is 11.6. The molecule has 7 rings (SSSR count). The summed E-state index contributed by atoms with van der Waals surface area (Å²) in [5.74, 6) is 5.92. The third kappa shape index (κ3) is 5.49. The fraction of sp³-hybridized carbons (Fsp3) is 0.500. The van der Waals surface area contributed by atoms with Crippen molar-refractivity contribution in [1.29, 1.82) is 0 Å². The molecular weight excluding hydrogens is 556 g/mol. The summed E-state index contributed by atoms with van der Waals surface area (Å²) in [4.78, 5) is 2.60. The highest BCUT2D eigenvalue weighted by Crippen LogP contribution is 2.48. The summed E-state index contributed by atoms with van der Waals surface area (Å²) in [6.07, 6.45) is 35.3. The van der Waals surface area contributed by atoms with Crippen molar-refractivity contribution in [2.75, 3.05) is 0 Å². The highest BCUT2D eigenvalue weighted by atomic mass is 15.2. The largest absolute Gasteiger partial charge is 0.335 e. The average molecular weight is 611 g/mol. The summed E-state index contributed by atoms with van der Waals surface area (Å²) >= 11 is 0. The molecule has 46 heavy (non-hydrogen) atoms. The molecule has 0 amide bonds. The highest BCUT2D eigenvalue weighted by molar-refractivity contribution is 5.50. The van der Waals surface area contributed by atoms with Gasteiger partial charge in [-0.3, -0.25) is 0 Å². The molecule has 6 atom stereocenters. The Morgan fingerprint density at radius 1 is 1.00 bits per heavy atom. The van der Waals surface area contributed by atoms with Crippen molar-refractivity contribution in [3.63, 3.8) is 0 Å². The number of para-hydroxylation sites is 1. The second-order valence-electron chi connectivity index (χ2n) is 14.9. The van der Waals surface area contributed by atoms with Gasteiger partial charge in [0.25, 0.3) is 0 Å². The van der Waals surface area contributed by atoms with Gasteiger partial charge in [0.2, 0.25) is 0 Å². The third-order valence-electron chi connectivity index (χ3n) is 12.3. The molecule has 0 saturated heterocycles. The Labute approximate surface area is 279 Å². The predicted molar refractivity (Wildman–Crippen MR) is 194 cm³/mol. The van der Waals surface area contributed by atoms with E-state index in [2.05, 4.69) is 110 Å². The quantitative estimate of drug-likeness (QED) is 0.270. The Morgan fingerprint density at radius 2 is 1.80 bits per heavy atom. The fourth-order valence-electron chi connectivity index (χ4n) is 9.89.